The first-order valence-electron chi connectivity index (χ1n) is 8.36. The molecule has 1 N–H and O–H groups in total. The van der Waals surface area contributed by atoms with Crippen molar-refractivity contribution in [2.24, 2.45) is 0 Å². The Balaban J connectivity index is 1.74. The number of amides is 1. The molecule has 1 aromatic carbocycles. The maximum absolute atomic E-state index is 12.3. The first kappa shape index (κ1) is 19.6. The van der Waals surface area contributed by atoms with Crippen LogP contribution in [0.15, 0.2) is 58.1 Å². The summed E-state index contributed by atoms with van der Waals surface area (Å²) in [5.41, 5.74) is 1.35. The zero-order valence-electron chi connectivity index (χ0n) is 15.5. The summed E-state index contributed by atoms with van der Waals surface area (Å²) < 4.78 is 30.8. The Morgan fingerprint density at radius 3 is 2.46 bits per heavy atom. The fourth-order valence-corrected chi connectivity index (χ4v) is 3.29. The molecule has 3 rings (SSSR count). The highest BCUT2D eigenvalue weighted by Crippen LogP contribution is 2.21. The quantitative estimate of drug-likeness (QED) is 0.670. The van der Waals surface area contributed by atoms with Gasteiger partial charge in [0.2, 0.25) is 15.9 Å². The molecule has 0 radical (unpaired) electrons. The molecule has 3 aromatic rings. The molecule has 146 valence electrons. The first-order chi connectivity index (χ1) is 13.3. The zero-order valence-corrected chi connectivity index (χ0v) is 16.3. The van der Waals surface area contributed by atoms with Gasteiger partial charge in [-0.1, -0.05) is 6.07 Å². The summed E-state index contributed by atoms with van der Waals surface area (Å²) in [4.78, 5) is 16.5. The van der Waals surface area contributed by atoms with Crippen molar-refractivity contribution >= 4 is 15.9 Å². The van der Waals surface area contributed by atoms with Crippen molar-refractivity contribution in [3.05, 3.63) is 60.2 Å². The van der Waals surface area contributed by atoms with E-state index in [0.717, 1.165) is 9.87 Å². The Morgan fingerprint density at radius 1 is 1.14 bits per heavy atom. The van der Waals surface area contributed by atoms with Crippen LogP contribution in [0.5, 0.6) is 0 Å². The highest BCUT2D eigenvalue weighted by Gasteiger charge is 2.20. The van der Waals surface area contributed by atoms with E-state index in [1.807, 2.05) is 13.0 Å². The second-order valence-electron chi connectivity index (χ2n) is 6.21. The molecule has 10 heteroatoms. The summed E-state index contributed by atoms with van der Waals surface area (Å²) >= 11 is 0. The number of aromatic nitrogens is 3. The molecule has 1 amide bonds. The highest BCUT2D eigenvalue weighted by atomic mass is 32.2. The number of benzene rings is 1. The molecule has 0 bridgehead atoms. The SMILES string of the molecule is CC(NC(=O)c1nnc(-c2ccc(S(=O)(=O)N(C)C)cc2)o1)c1cccnc1. The Kier molecular flexibility index (Phi) is 5.52. The second kappa shape index (κ2) is 7.87. The van der Waals surface area contributed by atoms with Crippen LogP contribution < -0.4 is 5.32 Å². The van der Waals surface area contributed by atoms with E-state index in [-0.39, 0.29) is 22.7 Å². The van der Waals surface area contributed by atoms with Crippen LogP contribution in [0.2, 0.25) is 0 Å². The number of carbonyl (C=O) groups is 1. The van der Waals surface area contributed by atoms with Gasteiger partial charge in [0.25, 0.3) is 0 Å². The van der Waals surface area contributed by atoms with E-state index in [4.69, 9.17) is 4.42 Å². The molecule has 0 aliphatic rings. The van der Waals surface area contributed by atoms with Gasteiger partial charge in [-0.15, -0.1) is 10.2 Å². The summed E-state index contributed by atoms with van der Waals surface area (Å²) in [7, 11) is -0.612. The summed E-state index contributed by atoms with van der Waals surface area (Å²) in [6.45, 7) is 1.82. The second-order valence-corrected chi connectivity index (χ2v) is 8.36. The minimum absolute atomic E-state index is 0.119. The number of sulfonamides is 1. The van der Waals surface area contributed by atoms with Gasteiger partial charge in [0.05, 0.1) is 10.9 Å². The standard InChI is InChI=1S/C18H19N5O4S/c1-12(14-5-4-10-19-11-14)20-16(24)18-22-21-17(27-18)13-6-8-15(9-7-13)28(25,26)23(2)3/h4-12H,1-3H3,(H,20,24). The van der Waals surface area contributed by atoms with Crippen molar-refractivity contribution in [2.75, 3.05) is 14.1 Å². The number of pyridine rings is 1. The average Bonchev–Trinajstić information content (AvgIpc) is 3.19. The minimum Gasteiger partial charge on any atom is -0.412 e. The molecule has 1 atom stereocenters. The Morgan fingerprint density at radius 2 is 1.86 bits per heavy atom. The lowest BCUT2D eigenvalue weighted by Gasteiger charge is -2.11. The van der Waals surface area contributed by atoms with Crippen molar-refractivity contribution in [1.82, 2.24) is 24.8 Å². The van der Waals surface area contributed by atoms with Crippen LogP contribution in [0, 0.1) is 0 Å². The van der Waals surface area contributed by atoms with Crippen LogP contribution in [0.4, 0.5) is 0 Å². The number of nitrogens with one attached hydrogen (secondary N) is 1. The van der Waals surface area contributed by atoms with Crippen LogP contribution in [0.25, 0.3) is 11.5 Å². The predicted octanol–water partition coefficient (Wildman–Crippen LogP) is 1.87. The number of hydrogen-bond acceptors (Lipinski definition) is 7. The molecule has 2 aromatic heterocycles. The molecule has 1 unspecified atom stereocenters. The summed E-state index contributed by atoms with van der Waals surface area (Å²) in [6.07, 6.45) is 3.31. The number of hydrogen-bond donors (Lipinski definition) is 1. The molecule has 0 fully saturated rings. The van der Waals surface area contributed by atoms with Gasteiger partial charge in [0.1, 0.15) is 0 Å². The average molecular weight is 401 g/mol. The van der Waals surface area contributed by atoms with Gasteiger partial charge in [0.15, 0.2) is 0 Å². The van der Waals surface area contributed by atoms with Crippen molar-refractivity contribution in [2.45, 2.75) is 17.9 Å². The largest absolute Gasteiger partial charge is 0.412 e. The van der Waals surface area contributed by atoms with E-state index in [0.29, 0.717) is 5.56 Å². The van der Waals surface area contributed by atoms with Crippen LogP contribution in [0.3, 0.4) is 0 Å². The highest BCUT2D eigenvalue weighted by molar-refractivity contribution is 7.89. The Labute approximate surface area is 162 Å². The molecule has 0 saturated carbocycles. The van der Waals surface area contributed by atoms with E-state index < -0.39 is 15.9 Å². The number of rotatable bonds is 6. The van der Waals surface area contributed by atoms with Crippen LogP contribution in [-0.4, -0.2) is 47.9 Å². The molecule has 0 aliphatic heterocycles. The Bertz CT molecular complexity index is 1060. The van der Waals surface area contributed by atoms with Crippen LogP contribution in [-0.2, 0) is 10.0 Å². The normalized spacial score (nSPS) is 12.7. The molecule has 0 saturated heterocycles. The van der Waals surface area contributed by atoms with Gasteiger partial charge in [-0.2, -0.15) is 0 Å². The molecule has 9 nitrogen and oxygen atoms in total. The van der Waals surface area contributed by atoms with E-state index in [9.17, 15) is 13.2 Å². The maximum Gasteiger partial charge on any atom is 0.309 e. The van der Waals surface area contributed by atoms with Gasteiger partial charge in [-0.3, -0.25) is 9.78 Å². The third kappa shape index (κ3) is 4.07. The molecule has 28 heavy (non-hydrogen) atoms. The van der Waals surface area contributed by atoms with Crippen molar-refractivity contribution in [3.8, 4) is 11.5 Å². The van der Waals surface area contributed by atoms with Gasteiger partial charge < -0.3 is 9.73 Å². The maximum atomic E-state index is 12.3. The zero-order chi connectivity index (χ0) is 20.3. The molecule has 0 aliphatic carbocycles. The first-order valence-corrected chi connectivity index (χ1v) is 9.80. The summed E-state index contributed by atoms with van der Waals surface area (Å²) in [6, 6.07) is 9.32. The third-order valence-corrected chi connectivity index (χ3v) is 5.86. The minimum atomic E-state index is -3.53. The Hall–Kier alpha value is -3.11. The van der Waals surface area contributed by atoms with Crippen molar-refractivity contribution in [3.63, 3.8) is 0 Å². The number of nitrogens with zero attached hydrogens (tertiary/aromatic N) is 4. The van der Waals surface area contributed by atoms with Gasteiger partial charge in [-0.05, 0) is 42.8 Å². The predicted molar refractivity (Wildman–Crippen MR) is 101 cm³/mol. The van der Waals surface area contributed by atoms with E-state index in [1.54, 1.807) is 30.6 Å². The number of carbonyl (C=O) groups excluding carboxylic acids is 1. The summed E-state index contributed by atoms with van der Waals surface area (Å²) in [5, 5.41) is 10.4. The lowest BCUT2D eigenvalue weighted by atomic mass is 10.1. The lowest BCUT2D eigenvalue weighted by Crippen LogP contribution is -2.27. The smallest absolute Gasteiger partial charge is 0.309 e. The monoisotopic (exact) mass is 401 g/mol. The molecule has 2 heterocycles. The van der Waals surface area contributed by atoms with Crippen molar-refractivity contribution < 1.29 is 17.6 Å². The lowest BCUT2D eigenvalue weighted by molar-refractivity contribution is 0.0905. The van der Waals surface area contributed by atoms with E-state index >= 15 is 0 Å². The molecule has 0 spiro atoms. The molecular formula is C18H19N5O4S. The van der Waals surface area contributed by atoms with Crippen LogP contribution >= 0.6 is 0 Å². The van der Waals surface area contributed by atoms with Crippen LogP contribution in [0.1, 0.15) is 29.2 Å². The topological polar surface area (TPSA) is 118 Å². The van der Waals surface area contributed by atoms with Gasteiger partial charge in [0, 0.05) is 32.1 Å². The van der Waals surface area contributed by atoms with Crippen molar-refractivity contribution in [1.29, 1.82) is 0 Å². The summed E-state index contributed by atoms with van der Waals surface area (Å²) in [5.74, 6) is -0.578. The van der Waals surface area contributed by atoms with Gasteiger partial charge >= 0.3 is 11.8 Å². The van der Waals surface area contributed by atoms with Gasteiger partial charge in [-0.25, -0.2) is 12.7 Å². The fraction of sp³-hybridized carbons (Fsp3) is 0.222. The van der Waals surface area contributed by atoms with E-state index in [2.05, 4.69) is 20.5 Å². The third-order valence-electron chi connectivity index (χ3n) is 4.03. The van der Waals surface area contributed by atoms with E-state index in [1.165, 1.54) is 26.2 Å². The molecular weight excluding hydrogens is 382 g/mol. The fourth-order valence-electron chi connectivity index (χ4n) is 2.39.